The van der Waals surface area contributed by atoms with Crippen molar-refractivity contribution in [1.82, 2.24) is 0 Å². The predicted octanol–water partition coefficient (Wildman–Crippen LogP) is 5.52. The van der Waals surface area contributed by atoms with E-state index in [4.69, 9.17) is 27.9 Å². The molecule has 18 heavy (non-hydrogen) atoms. The van der Waals surface area contributed by atoms with Crippen LogP contribution in [0.5, 0.6) is 5.75 Å². The minimum Gasteiger partial charge on any atom is -0.491 e. The monoisotopic (exact) mass is 300 g/mol. The first-order valence-electron chi connectivity index (χ1n) is 5.71. The van der Waals surface area contributed by atoms with Gasteiger partial charge in [0, 0.05) is 4.88 Å². The van der Waals surface area contributed by atoms with Gasteiger partial charge in [0.1, 0.15) is 5.75 Å². The Hall–Kier alpha value is -0.700. The van der Waals surface area contributed by atoms with Crippen molar-refractivity contribution in [1.29, 1.82) is 0 Å². The lowest BCUT2D eigenvalue weighted by Crippen LogP contribution is -2.05. The molecule has 1 aromatic heterocycles. The molecule has 0 fully saturated rings. The number of hydrogen-bond acceptors (Lipinski definition) is 2. The minimum absolute atomic E-state index is 0.175. The molecule has 0 bridgehead atoms. The van der Waals surface area contributed by atoms with E-state index in [1.165, 1.54) is 0 Å². The van der Waals surface area contributed by atoms with Gasteiger partial charge in [0.2, 0.25) is 0 Å². The lowest BCUT2D eigenvalue weighted by Gasteiger charge is -2.12. The lowest BCUT2D eigenvalue weighted by molar-refractivity contribution is 0.242. The van der Waals surface area contributed by atoms with Crippen molar-refractivity contribution in [3.8, 4) is 5.75 Å². The molecular formula is C14H14Cl2OS. The molecule has 0 aliphatic carbocycles. The second kappa shape index (κ2) is 5.96. The highest BCUT2D eigenvalue weighted by atomic mass is 35.5. The third kappa shape index (κ3) is 3.19. The summed E-state index contributed by atoms with van der Waals surface area (Å²) in [6.45, 7) is 4.01. The predicted molar refractivity (Wildman–Crippen MR) is 79.2 cm³/mol. The molecule has 0 radical (unpaired) electrons. The number of hydrogen-bond donors (Lipinski definition) is 0. The smallest absolute Gasteiger partial charge is 0.119 e. The normalized spacial score (nSPS) is 12.7. The zero-order valence-electron chi connectivity index (χ0n) is 10.2. The largest absolute Gasteiger partial charge is 0.491 e. The molecule has 0 N–H and O–H groups in total. The second-order valence-corrected chi connectivity index (χ2v) is 6.02. The first kappa shape index (κ1) is 13.7. The summed E-state index contributed by atoms with van der Waals surface area (Å²) in [5.74, 6) is 0.856. The van der Waals surface area contributed by atoms with Crippen LogP contribution in [-0.4, -0.2) is 6.10 Å². The summed E-state index contributed by atoms with van der Waals surface area (Å²) < 4.78 is 5.60. The van der Waals surface area contributed by atoms with Gasteiger partial charge in [-0.15, -0.1) is 22.9 Å². The molecule has 0 saturated heterocycles. The molecule has 1 nitrogen and oxygen atoms in total. The maximum absolute atomic E-state index is 6.42. The molecule has 0 amide bonds. The van der Waals surface area contributed by atoms with Gasteiger partial charge >= 0.3 is 0 Å². The van der Waals surface area contributed by atoms with Crippen molar-refractivity contribution >= 4 is 34.5 Å². The first-order valence-corrected chi connectivity index (χ1v) is 7.41. The van der Waals surface area contributed by atoms with Gasteiger partial charge < -0.3 is 4.74 Å². The van der Waals surface area contributed by atoms with E-state index >= 15 is 0 Å². The quantitative estimate of drug-likeness (QED) is 0.676. The van der Waals surface area contributed by atoms with E-state index in [1.807, 2.05) is 49.6 Å². The van der Waals surface area contributed by atoms with E-state index in [2.05, 4.69) is 0 Å². The van der Waals surface area contributed by atoms with Gasteiger partial charge in [-0.25, -0.2) is 0 Å². The summed E-state index contributed by atoms with van der Waals surface area (Å²) >= 11 is 14.1. The number of thiophene rings is 1. The minimum atomic E-state index is -0.203. The van der Waals surface area contributed by atoms with Crippen molar-refractivity contribution in [2.45, 2.75) is 25.3 Å². The van der Waals surface area contributed by atoms with Crippen LogP contribution in [0.2, 0.25) is 5.02 Å². The number of benzene rings is 1. The number of rotatable bonds is 4. The third-order valence-corrected chi connectivity index (χ3v) is 4.44. The second-order valence-electron chi connectivity index (χ2n) is 4.23. The first-order chi connectivity index (χ1) is 8.58. The van der Waals surface area contributed by atoms with Gasteiger partial charge in [-0.05, 0) is 43.0 Å². The number of alkyl halides is 1. The van der Waals surface area contributed by atoms with Crippen LogP contribution in [0.4, 0.5) is 0 Å². The van der Waals surface area contributed by atoms with E-state index in [0.717, 1.165) is 21.2 Å². The highest BCUT2D eigenvalue weighted by molar-refractivity contribution is 7.11. The van der Waals surface area contributed by atoms with Crippen LogP contribution in [0.25, 0.3) is 0 Å². The number of halogens is 2. The molecule has 2 rings (SSSR count). The summed E-state index contributed by atoms with van der Waals surface area (Å²) in [7, 11) is 0. The Morgan fingerprint density at radius 3 is 2.28 bits per heavy atom. The van der Waals surface area contributed by atoms with Gasteiger partial charge in [-0.3, -0.25) is 0 Å². The van der Waals surface area contributed by atoms with Crippen LogP contribution in [-0.2, 0) is 0 Å². The van der Waals surface area contributed by atoms with Crippen LogP contribution < -0.4 is 4.74 Å². The molecule has 1 unspecified atom stereocenters. The lowest BCUT2D eigenvalue weighted by atomic mass is 10.1. The van der Waals surface area contributed by atoms with E-state index in [0.29, 0.717) is 0 Å². The Morgan fingerprint density at radius 2 is 1.78 bits per heavy atom. The molecule has 0 spiro atoms. The van der Waals surface area contributed by atoms with Crippen molar-refractivity contribution < 1.29 is 4.74 Å². The maximum Gasteiger partial charge on any atom is 0.119 e. The standard InChI is InChI=1S/C14H14Cl2OS/c1-9(2)17-11-5-3-10(4-6-11)13(16)14-12(15)7-8-18-14/h3-9,13H,1-2H3. The van der Waals surface area contributed by atoms with Crippen LogP contribution >= 0.6 is 34.5 Å². The number of ether oxygens (including phenoxy) is 1. The fourth-order valence-corrected chi connectivity index (χ4v) is 3.27. The highest BCUT2D eigenvalue weighted by Gasteiger charge is 2.15. The molecule has 1 aromatic carbocycles. The fraction of sp³-hybridized carbons (Fsp3) is 0.286. The van der Waals surface area contributed by atoms with Gasteiger partial charge in [0.05, 0.1) is 16.5 Å². The molecule has 0 saturated carbocycles. The van der Waals surface area contributed by atoms with Crippen molar-refractivity contribution in [2.24, 2.45) is 0 Å². The average Bonchev–Trinajstić information content (AvgIpc) is 2.75. The topological polar surface area (TPSA) is 9.23 Å². The van der Waals surface area contributed by atoms with Crippen LogP contribution in [0.1, 0.15) is 29.7 Å². The van der Waals surface area contributed by atoms with E-state index < -0.39 is 0 Å². The van der Waals surface area contributed by atoms with E-state index in [1.54, 1.807) is 11.3 Å². The summed E-state index contributed by atoms with van der Waals surface area (Å²) in [6.07, 6.45) is 0.175. The summed E-state index contributed by atoms with van der Waals surface area (Å²) in [5, 5.41) is 2.47. The Bertz CT molecular complexity index is 505. The van der Waals surface area contributed by atoms with Crippen LogP contribution in [0, 0.1) is 0 Å². The molecular weight excluding hydrogens is 287 g/mol. The Labute approximate surface area is 121 Å². The van der Waals surface area contributed by atoms with Crippen molar-refractivity contribution in [2.75, 3.05) is 0 Å². The molecule has 2 aromatic rings. The zero-order valence-corrected chi connectivity index (χ0v) is 12.5. The van der Waals surface area contributed by atoms with Crippen molar-refractivity contribution in [3.05, 3.63) is 51.2 Å². The molecule has 0 aliphatic rings. The van der Waals surface area contributed by atoms with Crippen molar-refractivity contribution in [3.63, 3.8) is 0 Å². The fourth-order valence-electron chi connectivity index (χ4n) is 1.63. The van der Waals surface area contributed by atoms with Gasteiger partial charge in [-0.1, -0.05) is 23.7 Å². The average molecular weight is 301 g/mol. The zero-order chi connectivity index (χ0) is 13.1. The molecule has 96 valence electrons. The molecule has 1 atom stereocenters. The van der Waals surface area contributed by atoms with E-state index in [9.17, 15) is 0 Å². The Kier molecular flexibility index (Phi) is 4.55. The summed E-state index contributed by atoms with van der Waals surface area (Å²) in [5.41, 5.74) is 1.03. The van der Waals surface area contributed by atoms with Gasteiger partial charge in [0.15, 0.2) is 0 Å². The molecule has 0 aliphatic heterocycles. The van der Waals surface area contributed by atoms with Crippen LogP contribution in [0.15, 0.2) is 35.7 Å². The third-order valence-electron chi connectivity index (χ3n) is 2.42. The summed E-state index contributed by atoms with van der Waals surface area (Å²) in [6, 6.07) is 9.70. The van der Waals surface area contributed by atoms with E-state index in [-0.39, 0.29) is 11.5 Å². The Balaban J connectivity index is 2.17. The van der Waals surface area contributed by atoms with Crippen LogP contribution in [0.3, 0.4) is 0 Å². The van der Waals surface area contributed by atoms with Gasteiger partial charge in [0.25, 0.3) is 0 Å². The SMILES string of the molecule is CC(C)Oc1ccc(C(Cl)c2sccc2Cl)cc1. The van der Waals surface area contributed by atoms with Gasteiger partial charge in [-0.2, -0.15) is 0 Å². The summed E-state index contributed by atoms with van der Waals surface area (Å²) in [4.78, 5) is 0.982. The molecule has 1 heterocycles. The highest BCUT2D eigenvalue weighted by Crippen LogP contribution is 2.37. The molecule has 4 heteroatoms. The Morgan fingerprint density at radius 1 is 1.11 bits per heavy atom. The maximum atomic E-state index is 6.42.